The fourth-order valence-corrected chi connectivity index (χ4v) is 3.69. The Bertz CT molecular complexity index is 1390. The average molecular weight is 505 g/mol. The largest absolute Gasteiger partial charge is 0.481 e. The van der Waals surface area contributed by atoms with E-state index in [9.17, 15) is 24.2 Å². The van der Waals surface area contributed by atoms with Crippen LogP contribution in [0.1, 0.15) is 46.5 Å². The Morgan fingerprint density at radius 2 is 1.73 bits per heavy atom. The van der Waals surface area contributed by atoms with Crippen LogP contribution in [0.15, 0.2) is 72.2 Å². The van der Waals surface area contributed by atoms with Gasteiger partial charge in [-0.05, 0) is 67.3 Å². The van der Waals surface area contributed by atoms with E-state index in [1.165, 1.54) is 33.1 Å². The van der Waals surface area contributed by atoms with Crippen molar-refractivity contribution in [3.8, 4) is 11.1 Å². The number of nitrogens with zero attached hydrogens (tertiary/aromatic N) is 1. The Morgan fingerprint density at radius 1 is 1.05 bits per heavy atom. The molecule has 3 aromatic rings. The number of ether oxygens (including phenoxy) is 1. The van der Waals surface area contributed by atoms with Crippen LogP contribution in [-0.2, 0) is 16.1 Å². The molecule has 0 radical (unpaired) electrons. The molecule has 0 bridgehead atoms. The van der Waals surface area contributed by atoms with Gasteiger partial charge in [-0.1, -0.05) is 43.0 Å². The maximum absolute atomic E-state index is 14.8. The topological polar surface area (TPSA) is 108 Å². The van der Waals surface area contributed by atoms with Crippen LogP contribution in [0.5, 0.6) is 0 Å². The van der Waals surface area contributed by atoms with Crippen molar-refractivity contribution in [2.24, 2.45) is 4.99 Å². The normalized spacial score (nSPS) is 11.7. The number of carboxylic acid groups (broad SMARTS) is 1. The number of aliphatic carboxylic acids is 1. The smallest absolute Gasteiger partial charge is 0.328 e. The van der Waals surface area contributed by atoms with Gasteiger partial charge in [0.05, 0.1) is 25.0 Å². The number of hydrogen-bond donors (Lipinski definition) is 3. The summed E-state index contributed by atoms with van der Waals surface area (Å²) >= 11 is 0. The van der Waals surface area contributed by atoms with E-state index in [0.29, 0.717) is 16.7 Å². The summed E-state index contributed by atoms with van der Waals surface area (Å²) in [6.45, 7) is 8.31. The molecule has 0 spiro atoms. The molecule has 0 saturated carbocycles. The third-order valence-corrected chi connectivity index (χ3v) is 5.90. The second-order valence-electron chi connectivity index (χ2n) is 8.99. The average Bonchev–Trinajstić information content (AvgIpc) is 2.86. The Balaban J connectivity index is 1.89. The molecular formula is C29H29FN2O5. The molecule has 37 heavy (non-hydrogen) atoms. The zero-order valence-corrected chi connectivity index (χ0v) is 21.1. The fourth-order valence-electron chi connectivity index (χ4n) is 3.69. The van der Waals surface area contributed by atoms with E-state index in [1.807, 2.05) is 43.3 Å². The lowest BCUT2D eigenvalue weighted by Gasteiger charge is -2.21. The summed E-state index contributed by atoms with van der Waals surface area (Å²) in [6, 6.07) is 17.1. The lowest BCUT2D eigenvalue weighted by molar-refractivity contribution is -0.143. The predicted octanol–water partition coefficient (Wildman–Crippen LogP) is 4.95. The molecule has 0 atom stereocenters. The number of aliphatic hydroxyl groups is 1. The Hall–Kier alpha value is -4.30. The molecule has 1 amide bonds. The summed E-state index contributed by atoms with van der Waals surface area (Å²) in [7, 11) is 1.44. The maximum Gasteiger partial charge on any atom is 0.328 e. The summed E-state index contributed by atoms with van der Waals surface area (Å²) in [6.07, 6.45) is 0. The zero-order valence-electron chi connectivity index (χ0n) is 21.1. The number of halogens is 1. The molecular weight excluding hydrogens is 475 g/mol. The monoisotopic (exact) mass is 504 g/mol. The van der Waals surface area contributed by atoms with Crippen LogP contribution in [0.4, 0.5) is 4.39 Å². The van der Waals surface area contributed by atoms with Gasteiger partial charge in [0.2, 0.25) is 5.90 Å². The van der Waals surface area contributed by atoms with Gasteiger partial charge in [-0.3, -0.25) is 4.79 Å². The van der Waals surface area contributed by atoms with E-state index in [-0.39, 0.29) is 23.8 Å². The Morgan fingerprint density at radius 3 is 2.32 bits per heavy atom. The summed E-state index contributed by atoms with van der Waals surface area (Å²) < 4.78 is 20.2. The molecule has 3 N–H and O–H groups in total. The van der Waals surface area contributed by atoms with Crippen molar-refractivity contribution in [1.29, 1.82) is 0 Å². The van der Waals surface area contributed by atoms with Crippen LogP contribution < -0.4 is 5.32 Å². The van der Waals surface area contributed by atoms with Gasteiger partial charge >= 0.3 is 5.97 Å². The standard InChI is InChI=1S/C29H29FN2O5/c1-17-8-6-7-9-22(17)23-12-11-20(14-21(23)16-33)27(37-5)31-18(2)19-10-13-24(25(30)15-19)26(34)32-29(3,4)28(35)36/h6-15,33H,2,16H2,1,3-5H3,(H,32,34)(H,35,36). The highest BCUT2D eigenvalue weighted by atomic mass is 19.1. The molecule has 3 rings (SSSR count). The highest BCUT2D eigenvalue weighted by Crippen LogP contribution is 2.28. The fraction of sp³-hybridized carbons (Fsp3) is 0.207. The van der Waals surface area contributed by atoms with E-state index in [4.69, 9.17) is 4.74 Å². The SMILES string of the molecule is C=C(N=C(OC)c1ccc(-c2ccccc2C)c(CO)c1)c1ccc(C(=O)NC(C)(C)C(=O)O)c(F)c1. The molecule has 0 fully saturated rings. The van der Waals surface area contributed by atoms with Gasteiger partial charge < -0.3 is 20.3 Å². The summed E-state index contributed by atoms with van der Waals surface area (Å²) in [4.78, 5) is 28.0. The number of carbonyl (C=O) groups excluding carboxylic acids is 1. The number of amides is 1. The zero-order chi connectivity index (χ0) is 27.3. The number of rotatable bonds is 8. The third kappa shape index (κ3) is 6.10. The predicted molar refractivity (Wildman–Crippen MR) is 141 cm³/mol. The molecule has 192 valence electrons. The Labute approximate surface area is 215 Å². The number of nitrogens with one attached hydrogen (secondary N) is 1. The number of benzene rings is 3. The van der Waals surface area contributed by atoms with Crippen LogP contribution in [0.25, 0.3) is 16.8 Å². The van der Waals surface area contributed by atoms with Crippen molar-refractivity contribution in [3.05, 3.63) is 101 Å². The first-order valence-corrected chi connectivity index (χ1v) is 11.5. The van der Waals surface area contributed by atoms with Crippen molar-refractivity contribution in [1.82, 2.24) is 5.32 Å². The lowest BCUT2D eigenvalue weighted by atomic mass is 9.94. The van der Waals surface area contributed by atoms with Gasteiger partial charge in [0.15, 0.2) is 0 Å². The molecule has 0 aliphatic rings. The summed E-state index contributed by atoms with van der Waals surface area (Å²) in [5.74, 6) is -2.74. The van der Waals surface area contributed by atoms with Crippen LogP contribution in [-0.4, -0.2) is 40.6 Å². The van der Waals surface area contributed by atoms with Crippen molar-refractivity contribution < 1.29 is 28.9 Å². The number of methoxy groups -OCH3 is 1. The summed E-state index contributed by atoms with van der Waals surface area (Å²) in [5.41, 5.74) is 2.87. The van der Waals surface area contributed by atoms with Crippen LogP contribution in [0.3, 0.4) is 0 Å². The molecule has 0 aromatic heterocycles. The molecule has 8 heteroatoms. The van der Waals surface area contributed by atoms with E-state index in [1.54, 1.807) is 6.07 Å². The first kappa shape index (κ1) is 27.3. The second kappa shape index (κ2) is 11.2. The minimum atomic E-state index is -1.56. The van der Waals surface area contributed by atoms with Crippen LogP contribution >= 0.6 is 0 Å². The molecule has 0 unspecified atom stereocenters. The highest BCUT2D eigenvalue weighted by Gasteiger charge is 2.30. The first-order valence-electron chi connectivity index (χ1n) is 11.5. The molecule has 7 nitrogen and oxygen atoms in total. The molecule has 0 aliphatic heterocycles. The van der Waals surface area contributed by atoms with Gasteiger partial charge in [0.1, 0.15) is 11.4 Å². The number of aryl methyl sites for hydroxylation is 1. The first-order chi connectivity index (χ1) is 17.5. The summed E-state index contributed by atoms with van der Waals surface area (Å²) in [5, 5.41) is 21.5. The Kier molecular flexibility index (Phi) is 8.24. The van der Waals surface area contributed by atoms with Crippen molar-refractivity contribution >= 4 is 23.5 Å². The number of carbonyl (C=O) groups is 2. The quantitative estimate of drug-likeness (QED) is 0.297. The van der Waals surface area contributed by atoms with Gasteiger partial charge in [-0.25, -0.2) is 14.2 Å². The van der Waals surface area contributed by atoms with Crippen LogP contribution in [0, 0.1) is 12.7 Å². The van der Waals surface area contributed by atoms with E-state index in [2.05, 4.69) is 16.9 Å². The molecule has 3 aromatic carbocycles. The van der Waals surface area contributed by atoms with E-state index in [0.717, 1.165) is 22.8 Å². The minimum absolute atomic E-state index is 0.183. The lowest BCUT2D eigenvalue weighted by Crippen LogP contribution is -2.49. The van der Waals surface area contributed by atoms with Gasteiger partial charge in [-0.2, -0.15) is 0 Å². The van der Waals surface area contributed by atoms with Gasteiger partial charge in [-0.15, -0.1) is 0 Å². The van der Waals surface area contributed by atoms with Crippen molar-refractivity contribution in [2.45, 2.75) is 32.9 Å². The molecule has 0 heterocycles. The van der Waals surface area contributed by atoms with Gasteiger partial charge in [0, 0.05) is 11.1 Å². The van der Waals surface area contributed by atoms with Crippen molar-refractivity contribution in [3.63, 3.8) is 0 Å². The van der Waals surface area contributed by atoms with Crippen molar-refractivity contribution in [2.75, 3.05) is 7.11 Å². The minimum Gasteiger partial charge on any atom is -0.481 e. The molecule has 0 saturated heterocycles. The molecule has 0 aliphatic carbocycles. The second-order valence-corrected chi connectivity index (χ2v) is 8.99. The number of hydrogen-bond acceptors (Lipinski definition) is 5. The number of aliphatic imine (C=N–C) groups is 1. The maximum atomic E-state index is 14.8. The van der Waals surface area contributed by atoms with E-state index < -0.39 is 23.2 Å². The van der Waals surface area contributed by atoms with Gasteiger partial charge in [0.25, 0.3) is 5.91 Å². The van der Waals surface area contributed by atoms with E-state index >= 15 is 0 Å². The third-order valence-electron chi connectivity index (χ3n) is 5.90. The number of carboxylic acids is 1. The highest BCUT2D eigenvalue weighted by molar-refractivity contribution is 5.99. The number of aliphatic hydroxyl groups excluding tert-OH is 1. The van der Waals surface area contributed by atoms with Crippen LogP contribution in [0.2, 0.25) is 0 Å².